The van der Waals surface area contributed by atoms with Crippen molar-refractivity contribution < 1.29 is 14.3 Å². The second kappa shape index (κ2) is 8.43. The van der Waals surface area contributed by atoms with Crippen LogP contribution in [-0.4, -0.2) is 23.0 Å². The van der Waals surface area contributed by atoms with Gasteiger partial charge in [-0.3, -0.25) is 4.79 Å². The summed E-state index contributed by atoms with van der Waals surface area (Å²) in [6, 6.07) is 4.51. The molecule has 0 spiro atoms. The number of carbonyl (C=O) groups excluding carboxylic acids is 2. The maximum Gasteiger partial charge on any atom is 0.359 e. The molecule has 5 nitrogen and oxygen atoms in total. The first-order valence-electron chi connectivity index (χ1n) is 6.66. The minimum atomic E-state index is -1.14. The molecule has 1 heterocycles. The highest BCUT2D eigenvalue weighted by atomic mass is 35.5. The number of hydrogen-bond donors (Lipinski definition) is 1. The second-order valence-corrected chi connectivity index (χ2v) is 6.81. The molecule has 0 radical (unpaired) electrons. The van der Waals surface area contributed by atoms with Gasteiger partial charge >= 0.3 is 5.97 Å². The molecule has 1 N–H and O–H groups in total. The van der Waals surface area contributed by atoms with Gasteiger partial charge in [0.1, 0.15) is 0 Å². The zero-order chi connectivity index (χ0) is 18.7. The summed E-state index contributed by atoms with van der Waals surface area (Å²) in [4.78, 5) is 28.0. The summed E-state index contributed by atoms with van der Waals surface area (Å²) in [6.07, 6.45) is 0.0167. The van der Waals surface area contributed by atoms with Crippen LogP contribution in [0.1, 0.15) is 17.4 Å². The number of anilines is 1. The molecule has 1 aromatic heterocycles. The molecule has 25 heavy (non-hydrogen) atoms. The molecular formula is C15H9Cl5N2O3. The van der Waals surface area contributed by atoms with Gasteiger partial charge in [0.15, 0.2) is 11.8 Å². The molecular weight excluding hydrogens is 433 g/mol. The molecule has 2 rings (SSSR count). The van der Waals surface area contributed by atoms with E-state index in [4.69, 9.17) is 62.7 Å². The van der Waals surface area contributed by atoms with Crippen molar-refractivity contribution in [2.24, 2.45) is 0 Å². The number of nitrogens with zero attached hydrogens (tertiary/aromatic N) is 1. The number of rotatable bonds is 4. The Morgan fingerprint density at radius 2 is 1.64 bits per heavy atom. The van der Waals surface area contributed by atoms with Crippen LogP contribution < -0.4 is 5.32 Å². The normalized spacial score (nSPS) is 11.8. The first-order chi connectivity index (χ1) is 11.7. The van der Waals surface area contributed by atoms with Crippen molar-refractivity contribution >= 4 is 75.6 Å². The van der Waals surface area contributed by atoms with Crippen LogP contribution in [0, 0.1) is 0 Å². The zero-order valence-electron chi connectivity index (χ0n) is 12.4. The molecule has 0 saturated heterocycles. The lowest BCUT2D eigenvalue weighted by atomic mass is 10.3. The number of ether oxygens (including phenoxy) is 1. The molecule has 0 fully saturated rings. The van der Waals surface area contributed by atoms with Crippen molar-refractivity contribution in [2.45, 2.75) is 13.0 Å². The van der Waals surface area contributed by atoms with E-state index in [0.29, 0.717) is 15.7 Å². The highest BCUT2D eigenvalue weighted by molar-refractivity contribution is 6.48. The van der Waals surface area contributed by atoms with E-state index in [1.807, 2.05) is 0 Å². The van der Waals surface area contributed by atoms with E-state index in [2.05, 4.69) is 10.3 Å². The lowest BCUT2D eigenvalue weighted by Crippen LogP contribution is -2.30. The van der Waals surface area contributed by atoms with Gasteiger partial charge in [0, 0.05) is 21.9 Å². The summed E-state index contributed by atoms with van der Waals surface area (Å²) < 4.78 is 5.04. The highest BCUT2D eigenvalue weighted by Gasteiger charge is 2.23. The van der Waals surface area contributed by atoms with Crippen LogP contribution in [-0.2, 0) is 9.53 Å². The average Bonchev–Trinajstić information content (AvgIpc) is 2.51. The number of halogens is 5. The van der Waals surface area contributed by atoms with Gasteiger partial charge < -0.3 is 10.1 Å². The molecule has 1 amide bonds. The van der Waals surface area contributed by atoms with E-state index in [1.54, 1.807) is 0 Å². The van der Waals surface area contributed by atoms with E-state index in [-0.39, 0.29) is 20.8 Å². The van der Waals surface area contributed by atoms with Gasteiger partial charge in [-0.05, 0) is 25.1 Å². The van der Waals surface area contributed by atoms with Crippen LogP contribution in [0.25, 0.3) is 0 Å². The fraction of sp³-hybridized carbons (Fsp3) is 0.133. The smallest absolute Gasteiger partial charge is 0.359 e. The molecule has 1 aromatic carbocycles. The number of nitrogens with one attached hydrogen (secondary N) is 1. The Bertz CT molecular complexity index is 824. The van der Waals surface area contributed by atoms with Crippen molar-refractivity contribution in [3.05, 3.63) is 55.2 Å². The van der Waals surface area contributed by atoms with Gasteiger partial charge in [0.2, 0.25) is 0 Å². The van der Waals surface area contributed by atoms with Crippen molar-refractivity contribution in [1.29, 1.82) is 0 Å². The van der Waals surface area contributed by atoms with E-state index >= 15 is 0 Å². The van der Waals surface area contributed by atoms with Crippen LogP contribution in [0.15, 0.2) is 24.4 Å². The maximum atomic E-state index is 12.1. The van der Waals surface area contributed by atoms with Gasteiger partial charge in [0.25, 0.3) is 5.91 Å². The second-order valence-electron chi connectivity index (χ2n) is 4.78. The molecule has 2 aromatic rings. The monoisotopic (exact) mass is 440 g/mol. The molecule has 1 unspecified atom stereocenters. The number of aromatic nitrogens is 1. The Morgan fingerprint density at radius 3 is 2.24 bits per heavy atom. The van der Waals surface area contributed by atoms with Crippen LogP contribution in [0.5, 0.6) is 0 Å². The first kappa shape index (κ1) is 20.1. The largest absolute Gasteiger partial charge is 0.448 e. The van der Waals surface area contributed by atoms with Gasteiger partial charge in [-0.25, -0.2) is 9.78 Å². The van der Waals surface area contributed by atoms with E-state index in [1.165, 1.54) is 25.1 Å². The predicted octanol–water partition coefficient (Wildman–Crippen LogP) is 5.53. The molecule has 1 atom stereocenters. The van der Waals surface area contributed by atoms with E-state index in [0.717, 1.165) is 6.20 Å². The summed E-state index contributed by atoms with van der Waals surface area (Å²) in [5.74, 6) is -1.52. The van der Waals surface area contributed by atoms with E-state index in [9.17, 15) is 9.59 Å². The average molecular weight is 443 g/mol. The van der Waals surface area contributed by atoms with Crippen molar-refractivity contribution in [3.8, 4) is 0 Å². The van der Waals surface area contributed by atoms with Crippen molar-refractivity contribution in [1.82, 2.24) is 4.98 Å². The summed E-state index contributed by atoms with van der Waals surface area (Å²) in [5, 5.41) is 3.12. The van der Waals surface area contributed by atoms with Crippen molar-refractivity contribution in [3.63, 3.8) is 0 Å². The SMILES string of the molecule is CC(OC(=O)c1ncc(Cl)c(Cl)c1Cl)C(=O)Nc1cc(Cl)cc(Cl)c1. The molecule has 0 aliphatic rings. The van der Waals surface area contributed by atoms with Crippen LogP contribution >= 0.6 is 58.0 Å². The van der Waals surface area contributed by atoms with Gasteiger partial charge in [0.05, 0.1) is 15.1 Å². The molecule has 132 valence electrons. The quantitative estimate of drug-likeness (QED) is 0.632. The van der Waals surface area contributed by atoms with Crippen LogP contribution in [0.2, 0.25) is 25.1 Å². The summed E-state index contributed by atoms with van der Waals surface area (Å²) in [7, 11) is 0. The molecule has 10 heteroatoms. The summed E-state index contributed by atoms with van der Waals surface area (Å²) in [5.41, 5.74) is 0.109. The minimum absolute atomic E-state index is 0.0315. The van der Waals surface area contributed by atoms with Crippen molar-refractivity contribution in [2.75, 3.05) is 5.32 Å². The Kier molecular flexibility index (Phi) is 6.77. The number of hydrogen-bond acceptors (Lipinski definition) is 4. The Hall–Kier alpha value is -1.24. The maximum absolute atomic E-state index is 12.1. The molecule has 0 bridgehead atoms. The number of amides is 1. The predicted molar refractivity (Wildman–Crippen MR) is 99.2 cm³/mol. The summed E-state index contributed by atoms with van der Waals surface area (Å²) in [6.45, 7) is 1.38. The third-order valence-electron chi connectivity index (χ3n) is 2.89. The Balaban J connectivity index is 2.08. The van der Waals surface area contributed by atoms with Crippen LogP contribution in [0.4, 0.5) is 5.69 Å². The first-order valence-corrected chi connectivity index (χ1v) is 8.55. The van der Waals surface area contributed by atoms with Gasteiger partial charge in [-0.1, -0.05) is 58.0 Å². The fourth-order valence-corrected chi connectivity index (χ4v) is 2.81. The molecule has 0 saturated carbocycles. The third-order valence-corrected chi connectivity index (χ3v) is 4.57. The number of carbonyl (C=O) groups is 2. The standard InChI is InChI=1S/C15H9Cl5N2O3/c1-6(14(23)22-9-3-7(16)2-8(17)4-9)25-15(24)13-12(20)11(19)10(18)5-21-13/h2-6H,1H3,(H,22,23). The minimum Gasteiger partial charge on any atom is -0.448 e. The third kappa shape index (κ3) is 5.12. The van der Waals surface area contributed by atoms with Crippen LogP contribution in [0.3, 0.4) is 0 Å². The lowest BCUT2D eigenvalue weighted by Gasteiger charge is -2.14. The molecule has 0 aliphatic carbocycles. The van der Waals surface area contributed by atoms with Gasteiger partial charge in [-0.2, -0.15) is 0 Å². The highest BCUT2D eigenvalue weighted by Crippen LogP contribution is 2.31. The Labute approximate surface area is 168 Å². The molecule has 0 aliphatic heterocycles. The lowest BCUT2D eigenvalue weighted by molar-refractivity contribution is -0.123. The zero-order valence-corrected chi connectivity index (χ0v) is 16.2. The number of pyridine rings is 1. The van der Waals surface area contributed by atoms with Gasteiger partial charge in [-0.15, -0.1) is 0 Å². The Morgan fingerprint density at radius 1 is 1.04 bits per heavy atom. The number of benzene rings is 1. The van der Waals surface area contributed by atoms with E-state index < -0.39 is 18.0 Å². The number of esters is 1. The summed E-state index contributed by atoms with van der Waals surface area (Å²) >= 11 is 29.2. The topological polar surface area (TPSA) is 68.3 Å². The fourth-order valence-electron chi connectivity index (χ4n) is 1.73.